The molecule has 1 saturated heterocycles. The van der Waals surface area contributed by atoms with Crippen LogP contribution in [0.4, 0.5) is 9.52 Å². The molecule has 1 aliphatic heterocycles. The summed E-state index contributed by atoms with van der Waals surface area (Å²) in [6, 6.07) is 6.60. The summed E-state index contributed by atoms with van der Waals surface area (Å²) in [5.41, 5.74) is 3.92. The molecular weight excluding hydrogens is 371 g/mol. The fraction of sp³-hybridized carbons (Fsp3) is 0.409. The predicted octanol–water partition coefficient (Wildman–Crippen LogP) is 5.32. The van der Waals surface area contributed by atoms with Gasteiger partial charge >= 0.3 is 0 Å². The van der Waals surface area contributed by atoms with Crippen molar-refractivity contribution in [2.75, 3.05) is 18.0 Å². The Hall–Kier alpha value is -2.34. The maximum Gasteiger partial charge on any atom is 0.198 e. The Morgan fingerprint density at radius 2 is 1.82 bits per heavy atom. The second-order valence-corrected chi connectivity index (χ2v) is 8.88. The molecule has 2 aliphatic rings. The van der Waals surface area contributed by atoms with Gasteiger partial charge in [0, 0.05) is 30.4 Å². The zero-order valence-electron chi connectivity index (χ0n) is 15.9. The first-order valence-corrected chi connectivity index (χ1v) is 10.8. The molecule has 143 valence electrons. The van der Waals surface area contributed by atoms with E-state index in [0.29, 0.717) is 5.92 Å². The summed E-state index contributed by atoms with van der Waals surface area (Å²) in [5.74, 6) is 1.07. The summed E-state index contributed by atoms with van der Waals surface area (Å²) < 4.78 is 13.5. The van der Waals surface area contributed by atoms with Crippen LogP contribution >= 0.6 is 11.3 Å². The SMILES string of the molecule is CC1CCN(c2nc(-c3ccc(F)cc3)c(-c3n[c]ncc3C3CC3)s2)CC1. The van der Waals surface area contributed by atoms with Gasteiger partial charge in [-0.1, -0.05) is 18.3 Å². The topological polar surface area (TPSA) is 41.9 Å². The number of anilines is 1. The predicted molar refractivity (Wildman–Crippen MR) is 110 cm³/mol. The number of aromatic nitrogens is 3. The first-order chi connectivity index (χ1) is 13.7. The van der Waals surface area contributed by atoms with Crippen molar-refractivity contribution in [1.29, 1.82) is 0 Å². The minimum atomic E-state index is -0.236. The summed E-state index contributed by atoms with van der Waals surface area (Å²) in [5, 5.41) is 1.03. The van der Waals surface area contributed by atoms with E-state index in [0.717, 1.165) is 46.0 Å². The average Bonchev–Trinajstić information content (AvgIpc) is 3.48. The van der Waals surface area contributed by atoms with Gasteiger partial charge in [0.25, 0.3) is 0 Å². The van der Waals surface area contributed by atoms with Gasteiger partial charge in [-0.25, -0.2) is 19.3 Å². The lowest BCUT2D eigenvalue weighted by atomic mass is 10.00. The molecular formula is C22H22FN4S. The molecule has 0 unspecified atom stereocenters. The minimum absolute atomic E-state index is 0.236. The van der Waals surface area contributed by atoms with Crippen molar-refractivity contribution in [3.63, 3.8) is 0 Å². The fourth-order valence-electron chi connectivity index (χ4n) is 3.79. The van der Waals surface area contributed by atoms with Gasteiger partial charge in [0.1, 0.15) is 5.82 Å². The number of thiazole rings is 1. The highest BCUT2D eigenvalue weighted by Crippen LogP contribution is 2.47. The van der Waals surface area contributed by atoms with Gasteiger partial charge in [-0.15, -0.1) is 0 Å². The molecule has 6 heteroatoms. The molecule has 0 bridgehead atoms. The van der Waals surface area contributed by atoms with E-state index in [-0.39, 0.29) is 5.82 Å². The van der Waals surface area contributed by atoms with Crippen LogP contribution < -0.4 is 4.90 Å². The molecule has 3 heterocycles. The highest BCUT2D eigenvalue weighted by atomic mass is 32.1. The Morgan fingerprint density at radius 3 is 2.54 bits per heavy atom. The second-order valence-electron chi connectivity index (χ2n) is 7.90. The number of hydrogen-bond acceptors (Lipinski definition) is 5. The molecule has 2 aromatic heterocycles. The standard InChI is InChI=1S/C22H22FN4S/c1-14-8-10-27(11-9-14)22-26-19(16-4-6-17(23)7-5-16)21(28-22)20-18(15-2-3-15)12-24-13-25-20/h4-7,12,14-15H,2-3,8-11H2,1H3. The van der Waals surface area contributed by atoms with Crippen molar-refractivity contribution in [3.8, 4) is 21.8 Å². The van der Waals surface area contributed by atoms with Crippen molar-refractivity contribution in [1.82, 2.24) is 15.0 Å². The van der Waals surface area contributed by atoms with Crippen molar-refractivity contribution in [2.24, 2.45) is 5.92 Å². The third-order valence-corrected chi connectivity index (χ3v) is 6.84. The van der Waals surface area contributed by atoms with Gasteiger partial charge < -0.3 is 4.90 Å². The molecule has 1 aliphatic carbocycles. The molecule has 0 spiro atoms. The third kappa shape index (κ3) is 3.41. The van der Waals surface area contributed by atoms with Gasteiger partial charge in [-0.3, -0.25) is 0 Å². The summed E-state index contributed by atoms with van der Waals surface area (Å²) in [6.45, 7) is 4.37. The first-order valence-electron chi connectivity index (χ1n) is 9.94. The molecule has 0 atom stereocenters. The highest BCUT2D eigenvalue weighted by Gasteiger charge is 2.30. The lowest BCUT2D eigenvalue weighted by Crippen LogP contribution is -2.32. The van der Waals surface area contributed by atoms with E-state index in [1.807, 2.05) is 6.20 Å². The highest BCUT2D eigenvalue weighted by molar-refractivity contribution is 7.19. The van der Waals surface area contributed by atoms with Crippen molar-refractivity contribution >= 4 is 16.5 Å². The van der Waals surface area contributed by atoms with Crippen LogP contribution in [0, 0.1) is 18.1 Å². The molecule has 0 N–H and O–H groups in total. The van der Waals surface area contributed by atoms with E-state index < -0.39 is 0 Å². The molecule has 1 aromatic carbocycles. The van der Waals surface area contributed by atoms with E-state index in [1.165, 1.54) is 43.4 Å². The van der Waals surface area contributed by atoms with Crippen LogP contribution in [-0.4, -0.2) is 28.0 Å². The van der Waals surface area contributed by atoms with E-state index in [1.54, 1.807) is 23.5 Å². The Morgan fingerprint density at radius 1 is 1.07 bits per heavy atom. The second kappa shape index (κ2) is 7.24. The Labute approximate surface area is 168 Å². The lowest BCUT2D eigenvalue weighted by molar-refractivity contribution is 0.438. The Bertz CT molecular complexity index is 972. The summed E-state index contributed by atoms with van der Waals surface area (Å²) >= 11 is 1.69. The van der Waals surface area contributed by atoms with E-state index in [4.69, 9.17) is 4.98 Å². The molecule has 4 nitrogen and oxygen atoms in total. The quantitative estimate of drug-likeness (QED) is 0.602. The molecule has 2 fully saturated rings. The zero-order chi connectivity index (χ0) is 19.1. The minimum Gasteiger partial charge on any atom is -0.348 e. The smallest absolute Gasteiger partial charge is 0.198 e. The van der Waals surface area contributed by atoms with Crippen LogP contribution in [0.15, 0.2) is 30.5 Å². The number of benzene rings is 1. The first kappa shape index (κ1) is 17.7. The van der Waals surface area contributed by atoms with Crippen molar-refractivity contribution in [2.45, 2.75) is 38.5 Å². The Kier molecular flexibility index (Phi) is 4.59. The number of nitrogens with zero attached hydrogens (tertiary/aromatic N) is 4. The Balaban J connectivity index is 1.61. The molecule has 5 rings (SSSR count). The van der Waals surface area contributed by atoms with Crippen LogP contribution in [0.3, 0.4) is 0 Å². The molecule has 28 heavy (non-hydrogen) atoms. The van der Waals surface area contributed by atoms with Gasteiger partial charge in [-0.2, -0.15) is 0 Å². The van der Waals surface area contributed by atoms with Crippen LogP contribution in [0.5, 0.6) is 0 Å². The maximum absolute atomic E-state index is 13.5. The van der Waals surface area contributed by atoms with Crippen molar-refractivity contribution in [3.05, 3.63) is 48.2 Å². The van der Waals surface area contributed by atoms with Gasteiger partial charge in [0.15, 0.2) is 11.5 Å². The van der Waals surface area contributed by atoms with Gasteiger partial charge in [-0.05, 0) is 61.8 Å². The number of piperidine rings is 1. The zero-order valence-corrected chi connectivity index (χ0v) is 16.7. The van der Waals surface area contributed by atoms with Crippen LogP contribution in [-0.2, 0) is 0 Å². The largest absolute Gasteiger partial charge is 0.348 e. The normalized spacial score (nSPS) is 17.9. The fourth-order valence-corrected chi connectivity index (χ4v) is 4.94. The van der Waals surface area contributed by atoms with E-state index in [2.05, 4.69) is 28.1 Å². The molecule has 1 saturated carbocycles. The monoisotopic (exact) mass is 393 g/mol. The van der Waals surface area contributed by atoms with Crippen LogP contribution in [0.1, 0.15) is 44.1 Å². The van der Waals surface area contributed by atoms with Crippen LogP contribution in [0.2, 0.25) is 0 Å². The molecule has 1 radical (unpaired) electrons. The third-order valence-electron chi connectivity index (χ3n) is 5.72. The van der Waals surface area contributed by atoms with Crippen molar-refractivity contribution < 1.29 is 4.39 Å². The molecule has 3 aromatic rings. The number of halogens is 1. The number of hydrogen-bond donors (Lipinski definition) is 0. The van der Waals surface area contributed by atoms with Gasteiger partial charge in [0.2, 0.25) is 0 Å². The summed E-state index contributed by atoms with van der Waals surface area (Å²) in [6.07, 6.45) is 9.41. The number of rotatable bonds is 4. The summed E-state index contributed by atoms with van der Waals surface area (Å²) in [7, 11) is 0. The molecule has 0 amide bonds. The van der Waals surface area contributed by atoms with E-state index >= 15 is 0 Å². The van der Waals surface area contributed by atoms with Crippen LogP contribution in [0.25, 0.3) is 21.8 Å². The maximum atomic E-state index is 13.5. The van der Waals surface area contributed by atoms with Gasteiger partial charge in [0.05, 0.1) is 16.3 Å². The van der Waals surface area contributed by atoms with E-state index in [9.17, 15) is 4.39 Å². The summed E-state index contributed by atoms with van der Waals surface area (Å²) in [4.78, 5) is 17.1. The lowest BCUT2D eigenvalue weighted by Gasteiger charge is -2.29. The average molecular weight is 394 g/mol.